The summed E-state index contributed by atoms with van der Waals surface area (Å²) < 4.78 is 23.1. The quantitative estimate of drug-likeness (QED) is 0.386. The number of rotatable bonds is 6. The van der Waals surface area contributed by atoms with Crippen molar-refractivity contribution in [2.75, 3.05) is 5.32 Å². The molecule has 0 atom stereocenters. The van der Waals surface area contributed by atoms with Crippen molar-refractivity contribution < 1.29 is 13.5 Å². The van der Waals surface area contributed by atoms with Gasteiger partial charge < -0.3 is 15.4 Å². The van der Waals surface area contributed by atoms with Crippen molar-refractivity contribution in [2.24, 2.45) is 5.14 Å². The Kier molecular flexibility index (Phi) is 5.01. The van der Waals surface area contributed by atoms with Crippen molar-refractivity contribution in [3.05, 3.63) is 72.1 Å². The third kappa shape index (κ3) is 4.11. The van der Waals surface area contributed by atoms with Crippen molar-refractivity contribution in [1.82, 2.24) is 15.0 Å². The topological polar surface area (TPSA) is 134 Å². The number of nitrogens with two attached hydrogens (primary N) is 1. The Morgan fingerprint density at radius 2 is 1.83 bits per heavy atom. The summed E-state index contributed by atoms with van der Waals surface area (Å²) in [7, 11) is -3.75. The van der Waals surface area contributed by atoms with Crippen LogP contribution in [0.2, 0.25) is 0 Å². The summed E-state index contributed by atoms with van der Waals surface area (Å²) in [5.41, 5.74) is 4.13. The highest BCUT2D eigenvalue weighted by Crippen LogP contribution is 2.27. The van der Waals surface area contributed by atoms with E-state index in [1.54, 1.807) is 6.07 Å². The van der Waals surface area contributed by atoms with Crippen molar-refractivity contribution >= 4 is 26.9 Å². The monoisotopic (exact) mass is 409 g/mol. The Bertz CT molecular complexity index is 1270. The van der Waals surface area contributed by atoms with Gasteiger partial charge in [-0.3, -0.25) is 0 Å². The largest absolute Gasteiger partial charge is 0.392 e. The predicted octanol–water partition coefficient (Wildman–Crippen LogP) is 2.38. The van der Waals surface area contributed by atoms with Crippen LogP contribution in [-0.4, -0.2) is 28.5 Å². The summed E-state index contributed by atoms with van der Waals surface area (Å²) in [6.45, 7) is 0.375. The highest BCUT2D eigenvalue weighted by molar-refractivity contribution is 7.89. The summed E-state index contributed by atoms with van der Waals surface area (Å²) in [4.78, 5) is 11.9. The van der Waals surface area contributed by atoms with Crippen LogP contribution in [-0.2, 0) is 23.2 Å². The maximum Gasteiger partial charge on any atom is 0.238 e. The highest BCUT2D eigenvalue weighted by atomic mass is 32.2. The van der Waals surface area contributed by atoms with Crippen LogP contribution < -0.4 is 10.5 Å². The number of nitrogens with one attached hydrogen (secondary N) is 2. The van der Waals surface area contributed by atoms with E-state index in [2.05, 4.69) is 20.3 Å². The standard InChI is InChI=1S/C20H19N5O3S/c21-29(27,28)16-3-1-2-14(8-16)10-22-19-17-9-18(25-20(17)24-12-23-19)15-6-4-13(11-26)5-7-15/h1-9,12,26H,10-11H2,(H2,21,27,28)(H2,22,23,24,25). The second-order valence-corrected chi connectivity index (χ2v) is 8.13. The number of aliphatic hydroxyl groups excluding tert-OH is 1. The molecule has 4 aromatic rings. The number of sulfonamides is 1. The number of aromatic nitrogens is 3. The molecular formula is C20H19N5O3S. The summed E-state index contributed by atoms with van der Waals surface area (Å²) >= 11 is 0. The van der Waals surface area contributed by atoms with E-state index >= 15 is 0 Å². The minimum atomic E-state index is -3.75. The molecule has 0 amide bonds. The fraction of sp³-hybridized carbons (Fsp3) is 0.100. The van der Waals surface area contributed by atoms with Gasteiger partial charge >= 0.3 is 0 Å². The summed E-state index contributed by atoms with van der Waals surface area (Å²) in [6, 6.07) is 16.0. The van der Waals surface area contributed by atoms with Gasteiger partial charge in [0, 0.05) is 12.2 Å². The molecule has 4 rings (SSSR count). The van der Waals surface area contributed by atoms with Crippen molar-refractivity contribution in [3.8, 4) is 11.3 Å². The van der Waals surface area contributed by atoms with Gasteiger partial charge in [0.1, 0.15) is 17.8 Å². The third-order valence-corrected chi connectivity index (χ3v) is 5.47. The number of H-pyrrole nitrogens is 1. The molecular weight excluding hydrogens is 390 g/mol. The van der Waals surface area contributed by atoms with Gasteiger partial charge in [-0.05, 0) is 34.9 Å². The van der Waals surface area contributed by atoms with E-state index in [4.69, 9.17) is 5.14 Å². The fourth-order valence-electron chi connectivity index (χ4n) is 3.04. The van der Waals surface area contributed by atoms with Crippen LogP contribution in [0.15, 0.2) is 65.8 Å². The van der Waals surface area contributed by atoms with Gasteiger partial charge in [-0.25, -0.2) is 23.5 Å². The molecule has 0 saturated carbocycles. The fourth-order valence-corrected chi connectivity index (χ4v) is 3.63. The molecule has 2 heterocycles. The van der Waals surface area contributed by atoms with Gasteiger partial charge in [0.25, 0.3) is 0 Å². The van der Waals surface area contributed by atoms with Crippen LogP contribution >= 0.6 is 0 Å². The molecule has 0 aliphatic carbocycles. The number of nitrogens with zero attached hydrogens (tertiary/aromatic N) is 2. The second-order valence-electron chi connectivity index (χ2n) is 6.57. The van der Waals surface area contributed by atoms with E-state index in [0.29, 0.717) is 18.0 Å². The SMILES string of the molecule is NS(=O)(=O)c1cccc(CNc2ncnc3[nH]c(-c4ccc(CO)cc4)cc23)c1. The van der Waals surface area contributed by atoms with Gasteiger partial charge in [-0.2, -0.15) is 0 Å². The number of aliphatic hydroxyl groups is 1. The first-order chi connectivity index (χ1) is 13.9. The molecule has 2 aromatic carbocycles. The molecule has 0 saturated heterocycles. The van der Waals surface area contributed by atoms with Gasteiger partial charge in [0.15, 0.2) is 0 Å². The minimum absolute atomic E-state index is 0.000811. The Hall–Kier alpha value is -3.27. The average molecular weight is 409 g/mol. The smallest absolute Gasteiger partial charge is 0.238 e. The van der Waals surface area contributed by atoms with Crippen LogP contribution in [0.5, 0.6) is 0 Å². The number of benzene rings is 2. The first-order valence-corrected chi connectivity index (χ1v) is 10.4. The van der Waals surface area contributed by atoms with Gasteiger partial charge in [-0.1, -0.05) is 36.4 Å². The van der Waals surface area contributed by atoms with Crippen molar-refractivity contribution in [2.45, 2.75) is 18.0 Å². The van der Waals surface area contributed by atoms with E-state index in [0.717, 1.165) is 27.8 Å². The predicted molar refractivity (Wildman–Crippen MR) is 110 cm³/mol. The Morgan fingerprint density at radius 1 is 1.03 bits per heavy atom. The molecule has 0 bridgehead atoms. The Balaban J connectivity index is 1.60. The number of aromatic amines is 1. The summed E-state index contributed by atoms with van der Waals surface area (Å²) in [6.07, 6.45) is 1.46. The first kappa shape index (κ1) is 19.1. The number of primary sulfonamides is 1. The molecule has 2 aromatic heterocycles. The summed E-state index contributed by atoms with van der Waals surface area (Å²) in [5.74, 6) is 0.630. The number of hydrogen-bond donors (Lipinski definition) is 4. The molecule has 0 unspecified atom stereocenters. The van der Waals surface area contributed by atoms with Crippen LogP contribution in [0.1, 0.15) is 11.1 Å². The normalized spacial score (nSPS) is 11.7. The van der Waals surface area contributed by atoms with E-state index in [9.17, 15) is 13.5 Å². The third-order valence-electron chi connectivity index (χ3n) is 4.56. The van der Waals surface area contributed by atoms with Gasteiger partial charge in [-0.15, -0.1) is 0 Å². The highest BCUT2D eigenvalue weighted by Gasteiger charge is 2.11. The maximum absolute atomic E-state index is 11.5. The molecule has 0 aliphatic rings. The molecule has 0 aliphatic heterocycles. The Labute approximate surface area is 167 Å². The van der Waals surface area contributed by atoms with Gasteiger partial charge in [0.05, 0.1) is 16.9 Å². The molecule has 148 valence electrons. The zero-order chi connectivity index (χ0) is 20.4. The van der Waals surface area contributed by atoms with Crippen LogP contribution in [0.4, 0.5) is 5.82 Å². The lowest BCUT2D eigenvalue weighted by atomic mass is 10.1. The van der Waals surface area contributed by atoms with Crippen LogP contribution in [0, 0.1) is 0 Å². The molecule has 0 radical (unpaired) electrons. The van der Waals surface area contributed by atoms with Crippen molar-refractivity contribution in [1.29, 1.82) is 0 Å². The summed E-state index contributed by atoms with van der Waals surface area (Å²) in [5, 5.41) is 18.4. The maximum atomic E-state index is 11.5. The van der Waals surface area contributed by atoms with E-state index in [-0.39, 0.29) is 11.5 Å². The lowest BCUT2D eigenvalue weighted by molar-refractivity contribution is 0.282. The zero-order valence-electron chi connectivity index (χ0n) is 15.3. The Morgan fingerprint density at radius 3 is 2.55 bits per heavy atom. The molecule has 8 nitrogen and oxygen atoms in total. The average Bonchev–Trinajstić information content (AvgIpc) is 3.17. The molecule has 9 heteroatoms. The molecule has 0 spiro atoms. The van der Waals surface area contributed by atoms with E-state index in [1.807, 2.05) is 36.4 Å². The lowest BCUT2D eigenvalue weighted by Gasteiger charge is -2.07. The molecule has 29 heavy (non-hydrogen) atoms. The number of fused-ring (bicyclic) bond motifs is 1. The lowest BCUT2D eigenvalue weighted by Crippen LogP contribution is -2.12. The first-order valence-electron chi connectivity index (χ1n) is 8.83. The van der Waals surface area contributed by atoms with Gasteiger partial charge in [0.2, 0.25) is 10.0 Å². The van der Waals surface area contributed by atoms with Crippen molar-refractivity contribution in [3.63, 3.8) is 0 Å². The minimum Gasteiger partial charge on any atom is -0.392 e. The number of hydrogen-bond acceptors (Lipinski definition) is 6. The van der Waals surface area contributed by atoms with Crippen LogP contribution in [0.25, 0.3) is 22.3 Å². The number of anilines is 1. The van der Waals surface area contributed by atoms with E-state index in [1.165, 1.54) is 18.5 Å². The molecule has 0 fully saturated rings. The van der Waals surface area contributed by atoms with E-state index < -0.39 is 10.0 Å². The second kappa shape index (κ2) is 7.63. The molecule has 5 N–H and O–H groups in total. The van der Waals surface area contributed by atoms with Crippen LogP contribution in [0.3, 0.4) is 0 Å². The zero-order valence-corrected chi connectivity index (χ0v) is 16.1.